The lowest BCUT2D eigenvalue weighted by atomic mass is 10.0. The number of carbonyl (C=O) groups is 4. The number of phosphoric ester groups is 2. The van der Waals surface area contributed by atoms with E-state index in [1.165, 1.54) is 257 Å². The van der Waals surface area contributed by atoms with Crippen LogP contribution in [0.2, 0.25) is 0 Å². The summed E-state index contributed by atoms with van der Waals surface area (Å²) in [4.78, 5) is 73.1. The van der Waals surface area contributed by atoms with Gasteiger partial charge in [-0.1, -0.05) is 388 Å². The number of hydrogen-bond acceptors (Lipinski definition) is 15. The van der Waals surface area contributed by atoms with Gasteiger partial charge in [-0.2, -0.15) is 0 Å². The van der Waals surface area contributed by atoms with Crippen molar-refractivity contribution >= 4 is 39.5 Å². The van der Waals surface area contributed by atoms with Crippen LogP contribution in [-0.4, -0.2) is 96.7 Å². The first-order valence-electron chi connectivity index (χ1n) is 43.0. The average Bonchev–Trinajstić information content (AvgIpc) is 0.946. The monoisotopic (exact) mass is 1490 g/mol. The highest BCUT2D eigenvalue weighted by Crippen LogP contribution is 2.45. The summed E-state index contributed by atoms with van der Waals surface area (Å²) in [5.41, 5.74) is 0. The number of aliphatic hydroxyl groups excluding tert-OH is 1. The summed E-state index contributed by atoms with van der Waals surface area (Å²) in [5, 5.41) is 10.7. The predicted molar refractivity (Wildman–Crippen MR) is 418 cm³/mol. The van der Waals surface area contributed by atoms with Gasteiger partial charge in [0.2, 0.25) is 0 Å². The molecule has 19 heteroatoms. The van der Waals surface area contributed by atoms with Gasteiger partial charge in [-0.15, -0.1) is 0 Å². The van der Waals surface area contributed by atoms with Crippen molar-refractivity contribution in [1.29, 1.82) is 0 Å². The lowest BCUT2D eigenvalue weighted by molar-refractivity contribution is -0.161. The molecule has 5 atom stereocenters. The molecule has 0 heterocycles. The van der Waals surface area contributed by atoms with Gasteiger partial charge in [0, 0.05) is 25.7 Å². The van der Waals surface area contributed by atoms with E-state index >= 15 is 0 Å². The zero-order valence-electron chi connectivity index (χ0n) is 66.9. The Hall–Kier alpha value is -1.94. The zero-order chi connectivity index (χ0) is 74.9. The van der Waals surface area contributed by atoms with Crippen LogP contribution in [0.4, 0.5) is 0 Å². The standard InChI is InChI=1S/C83H162O17P2/c1-7-9-11-13-15-17-19-20-21-22-23-24-25-32-37-43-49-55-61-67-82(87)100-79(72-94-81(86)66-60-54-48-42-36-31-27-26-29-34-39-45-51-57-63-75(3)4)74-98-102(91,92)96-70-77(84)69-95-101(89,90)97-73-78(71-93-80(85)65-59-53-47-41-18-16-14-12-10-8-2)99-83(88)68-62-56-50-44-38-33-28-30-35-40-46-52-58-64-76(5)6/h75-79,84H,7-74H2,1-6H3,(H,89,90)(H,91,92)/t77-,78+,79+/m0/s1. The molecule has 0 spiro atoms. The number of unbranched alkanes of at least 4 members (excludes halogenated alkanes) is 52. The molecule has 0 aromatic carbocycles. The van der Waals surface area contributed by atoms with Crippen molar-refractivity contribution in [1.82, 2.24) is 0 Å². The quantitative estimate of drug-likeness (QED) is 0.0222. The van der Waals surface area contributed by atoms with Crippen LogP contribution in [0.1, 0.15) is 440 Å². The second-order valence-electron chi connectivity index (χ2n) is 30.8. The summed E-state index contributed by atoms with van der Waals surface area (Å²) in [6.45, 7) is 9.68. The Morgan fingerprint density at radius 1 is 0.265 bits per heavy atom. The largest absolute Gasteiger partial charge is 0.472 e. The van der Waals surface area contributed by atoms with E-state index in [-0.39, 0.29) is 25.7 Å². The highest BCUT2D eigenvalue weighted by Gasteiger charge is 2.30. The smallest absolute Gasteiger partial charge is 0.462 e. The zero-order valence-corrected chi connectivity index (χ0v) is 68.7. The molecule has 0 saturated heterocycles. The summed E-state index contributed by atoms with van der Waals surface area (Å²) in [6.07, 6.45) is 65.2. The van der Waals surface area contributed by atoms with E-state index in [0.29, 0.717) is 25.7 Å². The van der Waals surface area contributed by atoms with Gasteiger partial charge in [0.1, 0.15) is 19.3 Å². The first kappa shape index (κ1) is 100. The summed E-state index contributed by atoms with van der Waals surface area (Å²) in [6, 6.07) is 0. The molecular formula is C83H162O17P2. The Labute approximate surface area is 626 Å². The third-order valence-corrected chi connectivity index (χ3v) is 21.4. The molecule has 0 aliphatic rings. The predicted octanol–water partition coefficient (Wildman–Crippen LogP) is 25.1. The lowest BCUT2D eigenvalue weighted by Gasteiger charge is -2.21. The first-order chi connectivity index (χ1) is 49.4. The Balaban J connectivity index is 5.24. The minimum Gasteiger partial charge on any atom is -0.462 e. The fourth-order valence-electron chi connectivity index (χ4n) is 12.9. The Kier molecular flexibility index (Phi) is 73.1. The fourth-order valence-corrected chi connectivity index (χ4v) is 14.5. The van der Waals surface area contributed by atoms with Crippen LogP contribution >= 0.6 is 15.6 Å². The van der Waals surface area contributed by atoms with E-state index in [2.05, 4.69) is 41.5 Å². The number of rotatable bonds is 82. The van der Waals surface area contributed by atoms with Crippen LogP contribution in [0.15, 0.2) is 0 Å². The number of ether oxygens (including phenoxy) is 4. The van der Waals surface area contributed by atoms with E-state index in [1.54, 1.807) is 0 Å². The second kappa shape index (κ2) is 74.5. The van der Waals surface area contributed by atoms with Crippen LogP contribution in [0.25, 0.3) is 0 Å². The molecule has 0 aliphatic carbocycles. The molecule has 0 radical (unpaired) electrons. The Bertz CT molecular complexity index is 1960. The van der Waals surface area contributed by atoms with Gasteiger partial charge in [-0.05, 0) is 37.5 Å². The lowest BCUT2D eigenvalue weighted by Crippen LogP contribution is -2.30. The van der Waals surface area contributed by atoms with Crippen molar-refractivity contribution < 1.29 is 80.2 Å². The molecular weight excluding hydrogens is 1330 g/mol. The number of phosphoric acid groups is 2. The molecule has 17 nitrogen and oxygen atoms in total. The molecule has 2 unspecified atom stereocenters. The highest BCUT2D eigenvalue weighted by atomic mass is 31.2. The van der Waals surface area contributed by atoms with Crippen LogP contribution in [0.5, 0.6) is 0 Å². The van der Waals surface area contributed by atoms with Crippen LogP contribution in [0.3, 0.4) is 0 Å². The van der Waals surface area contributed by atoms with Crippen molar-refractivity contribution in [2.75, 3.05) is 39.6 Å². The van der Waals surface area contributed by atoms with Crippen molar-refractivity contribution in [3.05, 3.63) is 0 Å². The summed E-state index contributed by atoms with van der Waals surface area (Å²) >= 11 is 0. The molecule has 3 N–H and O–H groups in total. The van der Waals surface area contributed by atoms with Gasteiger partial charge in [-0.25, -0.2) is 9.13 Å². The molecule has 0 amide bonds. The fraction of sp³-hybridized carbons (Fsp3) is 0.952. The van der Waals surface area contributed by atoms with Gasteiger partial charge in [-0.3, -0.25) is 37.3 Å². The minimum absolute atomic E-state index is 0.108. The van der Waals surface area contributed by atoms with Gasteiger partial charge < -0.3 is 33.8 Å². The number of esters is 4. The third kappa shape index (κ3) is 76.3. The summed E-state index contributed by atoms with van der Waals surface area (Å²) < 4.78 is 68.8. The van der Waals surface area contributed by atoms with Gasteiger partial charge in [0.25, 0.3) is 0 Å². The molecule has 0 saturated carbocycles. The van der Waals surface area contributed by atoms with Crippen molar-refractivity contribution in [3.63, 3.8) is 0 Å². The van der Waals surface area contributed by atoms with Crippen molar-refractivity contribution in [2.45, 2.75) is 458 Å². The van der Waals surface area contributed by atoms with Crippen LogP contribution < -0.4 is 0 Å². The number of aliphatic hydroxyl groups is 1. The Morgan fingerprint density at radius 3 is 0.667 bits per heavy atom. The summed E-state index contributed by atoms with van der Waals surface area (Å²) in [5.74, 6) is -0.519. The maximum Gasteiger partial charge on any atom is 0.472 e. The highest BCUT2D eigenvalue weighted by molar-refractivity contribution is 7.47. The molecule has 606 valence electrons. The van der Waals surface area contributed by atoms with E-state index in [9.17, 15) is 43.2 Å². The molecule has 102 heavy (non-hydrogen) atoms. The van der Waals surface area contributed by atoms with Crippen LogP contribution in [-0.2, 0) is 65.4 Å². The third-order valence-electron chi connectivity index (χ3n) is 19.5. The van der Waals surface area contributed by atoms with E-state index in [4.69, 9.17) is 37.0 Å². The minimum atomic E-state index is -4.96. The molecule has 0 aromatic rings. The average molecular weight is 1490 g/mol. The van der Waals surface area contributed by atoms with Gasteiger partial charge in [0.15, 0.2) is 12.2 Å². The van der Waals surface area contributed by atoms with E-state index in [1.807, 2.05) is 0 Å². The SMILES string of the molecule is CCCCCCCCCCCCCCCCCCCCCC(=O)O[C@H](COC(=O)CCCCCCCCCCCCCCCCC(C)C)COP(=O)(O)OC[C@@H](O)COP(=O)(O)OC[C@@H](COC(=O)CCCCCCCCCCCC)OC(=O)CCCCCCCCCCCCCCCC(C)C. The Morgan fingerprint density at radius 2 is 0.451 bits per heavy atom. The van der Waals surface area contributed by atoms with Crippen molar-refractivity contribution in [3.8, 4) is 0 Å². The van der Waals surface area contributed by atoms with Gasteiger partial charge in [0.05, 0.1) is 26.4 Å². The topological polar surface area (TPSA) is 237 Å². The van der Waals surface area contributed by atoms with E-state index in [0.717, 1.165) is 102 Å². The maximum atomic E-state index is 13.1. The molecule has 0 bridgehead atoms. The van der Waals surface area contributed by atoms with Crippen molar-refractivity contribution in [2.24, 2.45) is 11.8 Å². The second-order valence-corrected chi connectivity index (χ2v) is 33.7. The first-order valence-corrected chi connectivity index (χ1v) is 46.0. The van der Waals surface area contributed by atoms with Gasteiger partial charge >= 0.3 is 39.5 Å². The molecule has 0 aromatic heterocycles. The van der Waals surface area contributed by atoms with E-state index < -0.39 is 97.5 Å². The van der Waals surface area contributed by atoms with Crippen LogP contribution in [0, 0.1) is 11.8 Å². The molecule has 0 aliphatic heterocycles. The number of carbonyl (C=O) groups excluding carboxylic acids is 4. The number of hydrogen-bond donors (Lipinski definition) is 3. The maximum absolute atomic E-state index is 13.1. The molecule has 0 fully saturated rings. The normalized spacial score (nSPS) is 13.9. The molecule has 0 rings (SSSR count). The summed E-state index contributed by atoms with van der Waals surface area (Å²) in [7, 11) is -9.92.